The highest BCUT2D eigenvalue weighted by Gasteiger charge is 2.16. The number of fused-ring (bicyclic) bond motifs is 3. The Bertz CT molecular complexity index is 900. The number of unbranched alkanes of at least 4 members (excludes halogenated alkanes) is 1. The SMILES string of the molecule is CCCCc1cnc(N)c2c(=O)oc3c(OC)cccc3c12. The Morgan fingerprint density at radius 3 is 2.86 bits per heavy atom. The minimum Gasteiger partial charge on any atom is -0.493 e. The van der Waals surface area contributed by atoms with E-state index in [9.17, 15) is 4.79 Å². The normalized spacial score (nSPS) is 11.2. The first-order valence-electron chi connectivity index (χ1n) is 7.34. The van der Waals surface area contributed by atoms with Crippen LogP contribution in [0, 0.1) is 0 Å². The molecule has 0 fully saturated rings. The molecule has 5 nitrogen and oxygen atoms in total. The van der Waals surface area contributed by atoms with Crippen molar-refractivity contribution in [2.75, 3.05) is 12.8 Å². The van der Waals surface area contributed by atoms with Crippen LogP contribution in [-0.2, 0) is 6.42 Å². The fourth-order valence-electron chi connectivity index (χ4n) is 2.76. The molecule has 3 aromatic rings. The van der Waals surface area contributed by atoms with E-state index in [0.717, 1.165) is 35.6 Å². The Hall–Kier alpha value is -2.56. The molecule has 0 radical (unpaired) electrons. The van der Waals surface area contributed by atoms with Gasteiger partial charge in [-0.2, -0.15) is 0 Å². The smallest absolute Gasteiger partial charge is 0.348 e. The molecular formula is C17H18N2O3. The second-order valence-electron chi connectivity index (χ2n) is 5.25. The lowest BCUT2D eigenvalue weighted by Gasteiger charge is -2.11. The van der Waals surface area contributed by atoms with Crippen LogP contribution in [0.5, 0.6) is 5.75 Å². The van der Waals surface area contributed by atoms with E-state index in [0.29, 0.717) is 16.7 Å². The summed E-state index contributed by atoms with van der Waals surface area (Å²) in [6, 6.07) is 5.56. The molecule has 1 aromatic carbocycles. The molecule has 0 unspecified atom stereocenters. The summed E-state index contributed by atoms with van der Waals surface area (Å²) in [5.41, 5.74) is 6.90. The minimum absolute atomic E-state index is 0.203. The van der Waals surface area contributed by atoms with Gasteiger partial charge in [0.05, 0.1) is 7.11 Å². The third kappa shape index (κ3) is 2.19. The molecule has 2 N–H and O–H groups in total. The van der Waals surface area contributed by atoms with E-state index in [1.807, 2.05) is 12.1 Å². The van der Waals surface area contributed by atoms with Crippen LogP contribution >= 0.6 is 0 Å². The molecule has 22 heavy (non-hydrogen) atoms. The summed E-state index contributed by atoms with van der Waals surface area (Å²) in [6.45, 7) is 2.13. The Labute approximate surface area is 127 Å². The molecule has 3 rings (SSSR count). The van der Waals surface area contributed by atoms with Crippen LogP contribution in [0.15, 0.2) is 33.6 Å². The highest BCUT2D eigenvalue weighted by Crippen LogP contribution is 2.33. The van der Waals surface area contributed by atoms with Crippen molar-refractivity contribution in [1.29, 1.82) is 0 Å². The largest absolute Gasteiger partial charge is 0.493 e. The molecule has 2 aromatic heterocycles. The number of hydrogen-bond donors (Lipinski definition) is 1. The zero-order chi connectivity index (χ0) is 15.7. The Morgan fingerprint density at radius 2 is 2.14 bits per heavy atom. The van der Waals surface area contributed by atoms with Crippen molar-refractivity contribution in [3.63, 3.8) is 0 Å². The average Bonchev–Trinajstić information content (AvgIpc) is 2.53. The number of methoxy groups -OCH3 is 1. The number of hydrogen-bond acceptors (Lipinski definition) is 5. The van der Waals surface area contributed by atoms with Crippen LogP contribution in [0.3, 0.4) is 0 Å². The fraction of sp³-hybridized carbons (Fsp3) is 0.294. The molecule has 2 heterocycles. The molecular weight excluding hydrogens is 280 g/mol. The number of para-hydroxylation sites is 1. The van der Waals surface area contributed by atoms with Crippen molar-refractivity contribution in [2.45, 2.75) is 26.2 Å². The van der Waals surface area contributed by atoms with E-state index >= 15 is 0 Å². The number of pyridine rings is 1. The number of nitrogen functional groups attached to an aromatic ring is 1. The molecule has 0 aliphatic heterocycles. The predicted molar refractivity (Wildman–Crippen MR) is 87.4 cm³/mol. The Kier molecular flexibility index (Phi) is 3.71. The zero-order valence-corrected chi connectivity index (χ0v) is 12.7. The number of benzene rings is 1. The van der Waals surface area contributed by atoms with Gasteiger partial charge in [-0.1, -0.05) is 25.5 Å². The lowest BCUT2D eigenvalue weighted by atomic mass is 10.00. The summed E-state index contributed by atoms with van der Waals surface area (Å²) >= 11 is 0. The number of nitrogens with zero attached hydrogens (tertiary/aromatic N) is 1. The van der Waals surface area contributed by atoms with Crippen molar-refractivity contribution in [3.05, 3.63) is 40.4 Å². The summed E-state index contributed by atoms with van der Waals surface area (Å²) in [5, 5.41) is 2.01. The van der Waals surface area contributed by atoms with Gasteiger partial charge in [-0.25, -0.2) is 9.78 Å². The first-order chi connectivity index (χ1) is 10.7. The molecule has 0 aliphatic carbocycles. The van der Waals surface area contributed by atoms with Gasteiger partial charge in [0.15, 0.2) is 11.3 Å². The Morgan fingerprint density at radius 1 is 1.32 bits per heavy atom. The highest BCUT2D eigenvalue weighted by molar-refractivity contribution is 6.10. The van der Waals surface area contributed by atoms with Gasteiger partial charge in [-0.3, -0.25) is 0 Å². The summed E-state index contributed by atoms with van der Waals surface area (Å²) in [6.07, 6.45) is 4.68. The lowest BCUT2D eigenvalue weighted by Crippen LogP contribution is -2.07. The molecule has 114 valence electrons. The zero-order valence-electron chi connectivity index (χ0n) is 12.7. The summed E-state index contributed by atoms with van der Waals surface area (Å²) in [4.78, 5) is 16.5. The van der Waals surface area contributed by atoms with Crippen LogP contribution in [0.2, 0.25) is 0 Å². The topological polar surface area (TPSA) is 78.4 Å². The van der Waals surface area contributed by atoms with Crippen molar-refractivity contribution >= 4 is 27.6 Å². The van der Waals surface area contributed by atoms with Crippen LogP contribution < -0.4 is 16.1 Å². The third-order valence-corrected chi connectivity index (χ3v) is 3.85. The molecule has 0 aliphatic rings. The highest BCUT2D eigenvalue weighted by atomic mass is 16.5. The van der Waals surface area contributed by atoms with Crippen LogP contribution in [0.4, 0.5) is 5.82 Å². The van der Waals surface area contributed by atoms with Gasteiger partial charge < -0.3 is 14.9 Å². The fourth-order valence-corrected chi connectivity index (χ4v) is 2.76. The molecule has 5 heteroatoms. The number of ether oxygens (including phenoxy) is 1. The van der Waals surface area contributed by atoms with Crippen molar-refractivity contribution in [1.82, 2.24) is 4.98 Å². The van der Waals surface area contributed by atoms with Gasteiger partial charge in [0.25, 0.3) is 0 Å². The van der Waals surface area contributed by atoms with Crippen molar-refractivity contribution in [3.8, 4) is 5.75 Å². The molecule has 0 bridgehead atoms. The summed E-state index contributed by atoms with van der Waals surface area (Å²) in [7, 11) is 1.55. The van der Waals surface area contributed by atoms with Crippen LogP contribution in [0.25, 0.3) is 21.7 Å². The van der Waals surface area contributed by atoms with E-state index in [2.05, 4.69) is 11.9 Å². The third-order valence-electron chi connectivity index (χ3n) is 3.85. The first kappa shape index (κ1) is 14.4. The van der Waals surface area contributed by atoms with Gasteiger partial charge in [-0.05, 0) is 24.5 Å². The molecule has 0 atom stereocenters. The van der Waals surface area contributed by atoms with Crippen LogP contribution in [0.1, 0.15) is 25.3 Å². The minimum atomic E-state index is -0.477. The van der Waals surface area contributed by atoms with Gasteiger partial charge >= 0.3 is 5.63 Å². The monoisotopic (exact) mass is 298 g/mol. The number of anilines is 1. The average molecular weight is 298 g/mol. The van der Waals surface area contributed by atoms with E-state index in [-0.39, 0.29) is 5.82 Å². The van der Waals surface area contributed by atoms with Gasteiger partial charge in [0, 0.05) is 17.0 Å². The maximum Gasteiger partial charge on any atom is 0.348 e. The maximum atomic E-state index is 12.4. The predicted octanol–water partition coefficient (Wildman–Crippen LogP) is 3.27. The van der Waals surface area contributed by atoms with E-state index < -0.39 is 5.63 Å². The number of aryl methyl sites for hydroxylation is 1. The van der Waals surface area contributed by atoms with Crippen molar-refractivity contribution < 1.29 is 9.15 Å². The summed E-state index contributed by atoms with van der Waals surface area (Å²) < 4.78 is 10.7. The Balaban J connectivity index is 2.48. The molecule has 0 spiro atoms. The van der Waals surface area contributed by atoms with Gasteiger partial charge in [0.1, 0.15) is 11.2 Å². The van der Waals surface area contributed by atoms with E-state index in [4.69, 9.17) is 14.9 Å². The number of nitrogens with two attached hydrogens (primary N) is 1. The number of aromatic nitrogens is 1. The van der Waals surface area contributed by atoms with E-state index in [1.54, 1.807) is 19.4 Å². The van der Waals surface area contributed by atoms with Gasteiger partial charge in [-0.15, -0.1) is 0 Å². The van der Waals surface area contributed by atoms with Gasteiger partial charge in [0.2, 0.25) is 0 Å². The first-order valence-corrected chi connectivity index (χ1v) is 7.34. The molecule has 0 saturated heterocycles. The second-order valence-corrected chi connectivity index (χ2v) is 5.25. The van der Waals surface area contributed by atoms with Crippen molar-refractivity contribution in [2.24, 2.45) is 0 Å². The van der Waals surface area contributed by atoms with E-state index in [1.165, 1.54) is 0 Å². The summed E-state index contributed by atoms with van der Waals surface area (Å²) in [5.74, 6) is 0.738. The maximum absolute atomic E-state index is 12.4. The molecule has 0 amide bonds. The second kappa shape index (κ2) is 5.67. The lowest BCUT2D eigenvalue weighted by molar-refractivity contribution is 0.407. The molecule has 0 saturated carbocycles. The quantitative estimate of drug-likeness (QED) is 0.590. The standard InChI is InChI=1S/C17H18N2O3/c1-3-4-6-10-9-19-16(18)14-13(10)11-7-5-8-12(21-2)15(11)22-17(14)20/h5,7-9H,3-4,6H2,1-2H3,(H2,18,19). The number of rotatable bonds is 4. The van der Waals surface area contributed by atoms with Crippen LogP contribution in [-0.4, -0.2) is 12.1 Å².